The van der Waals surface area contributed by atoms with Gasteiger partial charge >= 0.3 is 0 Å². The first kappa shape index (κ1) is 29.1. The van der Waals surface area contributed by atoms with E-state index < -0.39 is 5.91 Å². The molecule has 3 N–H and O–H groups in total. The van der Waals surface area contributed by atoms with Gasteiger partial charge in [-0.1, -0.05) is 35.9 Å². The van der Waals surface area contributed by atoms with Gasteiger partial charge in [0.2, 0.25) is 0 Å². The van der Waals surface area contributed by atoms with Crippen molar-refractivity contribution in [3.8, 4) is 11.1 Å². The van der Waals surface area contributed by atoms with E-state index in [0.29, 0.717) is 41.7 Å². The Bertz CT molecular complexity index is 1960. The van der Waals surface area contributed by atoms with Crippen LogP contribution in [-0.4, -0.2) is 60.6 Å². The van der Waals surface area contributed by atoms with Gasteiger partial charge in [-0.3, -0.25) is 24.2 Å². The monoisotopic (exact) mass is 621 g/mol. The number of fused-ring (bicyclic) bond motifs is 2. The van der Waals surface area contributed by atoms with E-state index in [1.807, 2.05) is 49.5 Å². The lowest BCUT2D eigenvalue weighted by molar-refractivity contribution is 0.0950. The van der Waals surface area contributed by atoms with Crippen LogP contribution in [0, 0.1) is 6.92 Å². The number of amides is 1. The fraction of sp³-hybridized carbons (Fsp3) is 0.265. The number of hydrogen-bond donors (Lipinski definition) is 3. The number of Topliss-reactive ketones (excluding diaryl/α,β-unsaturated/α-hetero) is 1. The van der Waals surface area contributed by atoms with Crippen molar-refractivity contribution in [3.05, 3.63) is 94.5 Å². The standard InChI is InChI=1S/C34H32ClN7O3/c1-20-24(25-6-3-8-27(31(25)35)39-34(45)28-16-29-30(44)9-4-13-42(29)40-28)5-2-7-26(20)38-33-32-22(10-12-36-33)15-21(17-37-32)18-41-14-11-23(43)19-41/h2-3,5-8,10,12,15-17,23,43H,4,9,11,13-14,18-19H2,1H3,(H,36,38)(H,39,45)/t23-/m1/s1. The zero-order valence-electron chi connectivity index (χ0n) is 24.8. The molecule has 7 rings (SSSR count). The van der Waals surface area contributed by atoms with Gasteiger partial charge in [0.1, 0.15) is 11.2 Å². The van der Waals surface area contributed by atoms with Gasteiger partial charge in [0.25, 0.3) is 5.91 Å². The smallest absolute Gasteiger partial charge is 0.276 e. The van der Waals surface area contributed by atoms with Crippen molar-refractivity contribution in [2.24, 2.45) is 0 Å². The third kappa shape index (κ3) is 5.80. The second-order valence-corrected chi connectivity index (χ2v) is 12.0. The molecule has 1 fully saturated rings. The average Bonchev–Trinajstić information content (AvgIpc) is 3.66. The predicted octanol–water partition coefficient (Wildman–Crippen LogP) is 5.99. The highest BCUT2D eigenvalue weighted by molar-refractivity contribution is 6.36. The maximum Gasteiger partial charge on any atom is 0.276 e. The number of ketones is 1. The van der Waals surface area contributed by atoms with E-state index in [-0.39, 0.29) is 17.6 Å². The molecule has 0 unspecified atom stereocenters. The zero-order valence-corrected chi connectivity index (χ0v) is 25.5. The van der Waals surface area contributed by atoms with Gasteiger partial charge < -0.3 is 15.7 Å². The first-order valence-electron chi connectivity index (χ1n) is 15.1. The van der Waals surface area contributed by atoms with Crippen molar-refractivity contribution < 1.29 is 14.7 Å². The van der Waals surface area contributed by atoms with Crippen molar-refractivity contribution in [1.82, 2.24) is 24.6 Å². The van der Waals surface area contributed by atoms with E-state index in [9.17, 15) is 14.7 Å². The summed E-state index contributed by atoms with van der Waals surface area (Å²) < 4.78 is 1.60. The number of pyridine rings is 2. The van der Waals surface area contributed by atoms with Gasteiger partial charge in [-0.2, -0.15) is 5.10 Å². The molecule has 5 heterocycles. The topological polar surface area (TPSA) is 125 Å². The molecule has 2 aromatic carbocycles. The minimum atomic E-state index is -0.424. The number of rotatable bonds is 7. The lowest BCUT2D eigenvalue weighted by atomic mass is 9.98. The molecule has 2 aliphatic rings. The summed E-state index contributed by atoms with van der Waals surface area (Å²) in [6, 6.07) is 17.0. The van der Waals surface area contributed by atoms with E-state index >= 15 is 0 Å². The van der Waals surface area contributed by atoms with E-state index in [1.54, 1.807) is 23.0 Å². The molecule has 228 valence electrons. The Morgan fingerprint density at radius 2 is 1.89 bits per heavy atom. The minimum Gasteiger partial charge on any atom is -0.392 e. The molecule has 0 radical (unpaired) electrons. The van der Waals surface area contributed by atoms with Gasteiger partial charge in [0.15, 0.2) is 17.3 Å². The summed E-state index contributed by atoms with van der Waals surface area (Å²) in [5.41, 5.74) is 6.41. The molecule has 0 aliphatic carbocycles. The van der Waals surface area contributed by atoms with Crippen molar-refractivity contribution in [1.29, 1.82) is 0 Å². The van der Waals surface area contributed by atoms with Crippen LogP contribution in [0.25, 0.3) is 22.0 Å². The first-order valence-corrected chi connectivity index (χ1v) is 15.4. The van der Waals surface area contributed by atoms with Crippen molar-refractivity contribution in [3.63, 3.8) is 0 Å². The quantitative estimate of drug-likeness (QED) is 0.202. The van der Waals surface area contributed by atoms with E-state index in [2.05, 4.69) is 31.7 Å². The molecule has 1 atom stereocenters. The number of nitrogens with zero attached hydrogens (tertiary/aromatic N) is 5. The van der Waals surface area contributed by atoms with Crippen LogP contribution < -0.4 is 10.6 Å². The molecule has 1 saturated heterocycles. The maximum atomic E-state index is 13.1. The Kier molecular flexibility index (Phi) is 7.78. The lowest BCUT2D eigenvalue weighted by Gasteiger charge is -2.17. The molecule has 0 saturated carbocycles. The van der Waals surface area contributed by atoms with Gasteiger partial charge in [0, 0.05) is 67.7 Å². The fourth-order valence-electron chi connectivity index (χ4n) is 6.15. The van der Waals surface area contributed by atoms with Crippen molar-refractivity contribution in [2.75, 3.05) is 23.7 Å². The van der Waals surface area contributed by atoms with Crippen LogP contribution in [0.3, 0.4) is 0 Å². The lowest BCUT2D eigenvalue weighted by Crippen LogP contribution is -2.21. The summed E-state index contributed by atoms with van der Waals surface area (Å²) >= 11 is 6.89. The molecule has 10 nitrogen and oxygen atoms in total. The number of aliphatic hydroxyl groups is 1. The molecule has 2 aliphatic heterocycles. The highest BCUT2D eigenvalue weighted by atomic mass is 35.5. The number of halogens is 1. The molecule has 3 aromatic heterocycles. The SMILES string of the molecule is Cc1c(Nc2nccc3cc(CN4CC[C@@H](O)C4)cnc23)cccc1-c1cccc(NC(=O)c2cc3n(n2)CCCC3=O)c1Cl. The highest BCUT2D eigenvalue weighted by Crippen LogP contribution is 2.38. The summed E-state index contributed by atoms with van der Waals surface area (Å²) in [5.74, 6) is 0.214. The Hall–Kier alpha value is -4.64. The second kappa shape index (κ2) is 12.0. The Balaban J connectivity index is 1.13. The van der Waals surface area contributed by atoms with Crippen LogP contribution in [0.4, 0.5) is 17.2 Å². The van der Waals surface area contributed by atoms with E-state index in [0.717, 1.165) is 64.8 Å². The third-order valence-electron chi connectivity index (χ3n) is 8.51. The Labute approximate surface area is 265 Å². The molecular formula is C34H32ClN7O3. The van der Waals surface area contributed by atoms with Crippen LogP contribution in [-0.2, 0) is 13.1 Å². The number of hydrogen-bond acceptors (Lipinski definition) is 8. The van der Waals surface area contributed by atoms with Gasteiger partial charge in [-0.05, 0) is 60.7 Å². The minimum absolute atomic E-state index is 0.00456. The number of carbonyl (C=O) groups is 2. The number of aliphatic hydroxyl groups excluding tert-OH is 1. The first-order chi connectivity index (χ1) is 21.8. The number of benzene rings is 2. The van der Waals surface area contributed by atoms with Crippen molar-refractivity contribution >= 4 is 51.4 Å². The summed E-state index contributed by atoms with van der Waals surface area (Å²) in [5, 5.41) is 21.9. The number of carbonyl (C=O) groups excluding carboxylic acids is 2. The number of aromatic nitrogens is 4. The highest BCUT2D eigenvalue weighted by Gasteiger charge is 2.24. The molecule has 1 amide bonds. The molecule has 0 bridgehead atoms. The molecular weight excluding hydrogens is 590 g/mol. The maximum absolute atomic E-state index is 13.1. The third-order valence-corrected chi connectivity index (χ3v) is 8.91. The number of nitrogens with one attached hydrogen (secondary N) is 2. The van der Waals surface area contributed by atoms with Gasteiger partial charge in [0.05, 0.1) is 16.8 Å². The second-order valence-electron chi connectivity index (χ2n) is 11.6. The predicted molar refractivity (Wildman–Crippen MR) is 174 cm³/mol. The van der Waals surface area contributed by atoms with E-state index in [1.165, 1.54) is 0 Å². The average molecular weight is 622 g/mol. The van der Waals surface area contributed by atoms with Crippen LogP contribution in [0.1, 0.15) is 51.4 Å². The van der Waals surface area contributed by atoms with Gasteiger partial charge in [-0.25, -0.2) is 4.98 Å². The van der Waals surface area contributed by atoms with Crippen LogP contribution in [0.2, 0.25) is 5.02 Å². The summed E-state index contributed by atoms with van der Waals surface area (Å²) in [6.07, 6.45) is 5.37. The number of β-amino-alcohol motifs (C(OH)–C–C–N with tert-alkyl or cyclic N) is 1. The van der Waals surface area contributed by atoms with Crippen LogP contribution >= 0.6 is 11.6 Å². The van der Waals surface area contributed by atoms with E-state index in [4.69, 9.17) is 16.6 Å². The van der Waals surface area contributed by atoms with Gasteiger partial charge in [-0.15, -0.1) is 0 Å². The Morgan fingerprint density at radius 1 is 1.07 bits per heavy atom. The number of likely N-dealkylation sites (tertiary alicyclic amines) is 1. The Morgan fingerprint density at radius 3 is 2.69 bits per heavy atom. The summed E-state index contributed by atoms with van der Waals surface area (Å²) in [7, 11) is 0. The zero-order chi connectivity index (χ0) is 31.1. The van der Waals surface area contributed by atoms with Crippen LogP contribution in [0.5, 0.6) is 0 Å². The molecule has 5 aromatic rings. The fourth-order valence-corrected chi connectivity index (χ4v) is 6.43. The largest absolute Gasteiger partial charge is 0.392 e. The van der Waals surface area contributed by atoms with Crippen molar-refractivity contribution in [2.45, 2.75) is 45.4 Å². The summed E-state index contributed by atoms with van der Waals surface area (Å²) in [4.78, 5) is 36.9. The molecule has 45 heavy (non-hydrogen) atoms. The normalized spacial score (nSPS) is 16.6. The summed E-state index contributed by atoms with van der Waals surface area (Å²) in [6.45, 7) is 4.93. The van der Waals surface area contributed by atoms with Crippen LogP contribution in [0.15, 0.2) is 67.0 Å². The molecule has 0 spiro atoms. The number of anilines is 3. The number of aryl methyl sites for hydroxylation is 1. The molecule has 11 heteroatoms.